The Balaban J connectivity index is 1.57. The number of piperidine rings is 1. The van der Waals surface area contributed by atoms with Crippen LogP contribution in [0.2, 0.25) is 0 Å². The van der Waals surface area contributed by atoms with Crippen LogP contribution in [0.25, 0.3) is 0 Å². The van der Waals surface area contributed by atoms with Crippen molar-refractivity contribution in [3.05, 3.63) is 60.2 Å². The summed E-state index contributed by atoms with van der Waals surface area (Å²) in [6.07, 6.45) is 2.92. The van der Waals surface area contributed by atoms with Crippen LogP contribution in [0, 0.1) is 0 Å². The van der Waals surface area contributed by atoms with Crippen molar-refractivity contribution in [1.29, 1.82) is 0 Å². The maximum absolute atomic E-state index is 13.0. The fraction of sp³-hybridized carbons (Fsp3) is 0.391. The van der Waals surface area contributed by atoms with E-state index in [1.165, 1.54) is 0 Å². The van der Waals surface area contributed by atoms with E-state index >= 15 is 0 Å². The van der Waals surface area contributed by atoms with Crippen LogP contribution >= 0.6 is 0 Å². The molecule has 1 saturated heterocycles. The van der Waals surface area contributed by atoms with Gasteiger partial charge in [0.05, 0.1) is 12.3 Å². The molecule has 0 aliphatic carbocycles. The van der Waals surface area contributed by atoms with E-state index in [1.54, 1.807) is 5.06 Å². The first-order valence-electron chi connectivity index (χ1n) is 10.5. The van der Waals surface area contributed by atoms with Crippen LogP contribution in [0.15, 0.2) is 59.6 Å². The zero-order valence-corrected chi connectivity index (χ0v) is 16.9. The normalized spacial score (nSPS) is 19.0. The molecular formula is C23H27N3O4. The number of hydrogen-bond acceptors (Lipinski definition) is 6. The molecule has 4 rings (SSSR count). The molecule has 2 aliphatic rings. The molecule has 0 spiro atoms. The Morgan fingerprint density at radius 2 is 1.80 bits per heavy atom. The number of aliphatic imine (C=N–C) groups is 1. The average molecular weight is 409 g/mol. The van der Waals surface area contributed by atoms with E-state index in [-0.39, 0.29) is 12.5 Å². The standard InChI is InChI=1S/C23H27N3O4/c27-16-7-17-29-20-12-10-18(11-13-20)21-24-22(23(28)25-14-5-2-6-15-25)30-26(21)19-8-3-1-4-9-19/h1,3-4,8-13,22,27H,2,5-7,14-17H2. The van der Waals surface area contributed by atoms with Crippen molar-refractivity contribution in [2.75, 3.05) is 31.4 Å². The van der Waals surface area contributed by atoms with Crippen LogP contribution < -0.4 is 9.80 Å². The van der Waals surface area contributed by atoms with Crippen molar-refractivity contribution in [2.45, 2.75) is 31.9 Å². The highest BCUT2D eigenvalue weighted by molar-refractivity contribution is 6.10. The number of ether oxygens (including phenoxy) is 1. The molecule has 2 aromatic rings. The second-order valence-corrected chi connectivity index (χ2v) is 7.38. The maximum atomic E-state index is 13.0. The van der Waals surface area contributed by atoms with Gasteiger partial charge in [0, 0.05) is 31.7 Å². The monoisotopic (exact) mass is 409 g/mol. The van der Waals surface area contributed by atoms with Gasteiger partial charge in [0.2, 0.25) is 0 Å². The van der Waals surface area contributed by atoms with E-state index in [9.17, 15) is 4.79 Å². The largest absolute Gasteiger partial charge is 0.494 e. The number of hydrogen-bond donors (Lipinski definition) is 1. The summed E-state index contributed by atoms with van der Waals surface area (Å²) in [6.45, 7) is 2.08. The number of amidine groups is 1. The third-order valence-corrected chi connectivity index (χ3v) is 5.19. The van der Waals surface area contributed by atoms with Gasteiger partial charge in [0.15, 0.2) is 5.84 Å². The van der Waals surface area contributed by atoms with Crippen LogP contribution in [0.5, 0.6) is 5.75 Å². The van der Waals surface area contributed by atoms with Gasteiger partial charge in [-0.25, -0.2) is 14.9 Å². The van der Waals surface area contributed by atoms with E-state index in [2.05, 4.69) is 4.99 Å². The molecule has 1 fully saturated rings. The van der Waals surface area contributed by atoms with Gasteiger partial charge in [-0.05, 0) is 55.7 Å². The summed E-state index contributed by atoms with van der Waals surface area (Å²) >= 11 is 0. The molecule has 0 aromatic heterocycles. The van der Waals surface area contributed by atoms with Gasteiger partial charge in [0.25, 0.3) is 12.1 Å². The quantitative estimate of drug-likeness (QED) is 0.712. The van der Waals surface area contributed by atoms with E-state index in [1.807, 2.05) is 59.5 Å². The van der Waals surface area contributed by atoms with Gasteiger partial charge in [-0.3, -0.25) is 4.79 Å². The van der Waals surface area contributed by atoms with Crippen LogP contribution in [0.1, 0.15) is 31.2 Å². The number of likely N-dealkylation sites (tertiary alicyclic amines) is 1. The number of benzene rings is 2. The number of hydroxylamine groups is 1. The van der Waals surface area contributed by atoms with Crippen LogP contribution in [0.3, 0.4) is 0 Å². The lowest BCUT2D eigenvalue weighted by atomic mass is 10.1. The number of anilines is 1. The van der Waals surface area contributed by atoms with Gasteiger partial charge < -0.3 is 14.7 Å². The predicted molar refractivity (Wildman–Crippen MR) is 114 cm³/mol. The summed E-state index contributed by atoms with van der Waals surface area (Å²) in [5.41, 5.74) is 1.65. The molecule has 2 aromatic carbocycles. The van der Waals surface area contributed by atoms with Crippen molar-refractivity contribution in [3.8, 4) is 5.75 Å². The number of para-hydroxylation sites is 1. The molecule has 7 heteroatoms. The van der Waals surface area contributed by atoms with Gasteiger partial charge >= 0.3 is 0 Å². The maximum Gasteiger partial charge on any atom is 0.277 e. The van der Waals surface area contributed by atoms with Crippen molar-refractivity contribution in [3.63, 3.8) is 0 Å². The third kappa shape index (κ3) is 4.63. The first-order chi connectivity index (χ1) is 14.8. The molecule has 0 saturated carbocycles. The van der Waals surface area contributed by atoms with Crippen molar-refractivity contribution < 1.29 is 19.5 Å². The number of carbonyl (C=O) groups is 1. The highest BCUT2D eigenvalue weighted by Crippen LogP contribution is 2.27. The van der Waals surface area contributed by atoms with E-state index in [0.717, 1.165) is 49.4 Å². The van der Waals surface area contributed by atoms with Gasteiger partial charge in [-0.2, -0.15) is 0 Å². The van der Waals surface area contributed by atoms with Gasteiger partial charge in [-0.1, -0.05) is 18.2 Å². The number of nitrogens with zero attached hydrogens (tertiary/aromatic N) is 3. The summed E-state index contributed by atoms with van der Waals surface area (Å²) < 4.78 is 5.61. The van der Waals surface area contributed by atoms with Crippen LogP contribution in [-0.4, -0.2) is 54.3 Å². The minimum Gasteiger partial charge on any atom is -0.494 e. The molecule has 158 valence electrons. The molecule has 1 amide bonds. The topological polar surface area (TPSA) is 74.6 Å². The molecule has 7 nitrogen and oxygen atoms in total. The summed E-state index contributed by atoms with van der Waals surface area (Å²) in [5.74, 6) is 1.23. The SMILES string of the molecule is O=C(C1N=C(c2ccc(OCCCO)cc2)N(c2ccccc2)O1)N1CCCCC1. The zero-order valence-electron chi connectivity index (χ0n) is 16.9. The summed E-state index contributed by atoms with van der Waals surface area (Å²) in [4.78, 5) is 25.5. The lowest BCUT2D eigenvalue weighted by Crippen LogP contribution is -2.42. The number of aliphatic hydroxyl groups is 1. The fourth-order valence-electron chi connectivity index (χ4n) is 3.60. The Morgan fingerprint density at radius 3 is 2.50 bits per heavy atom. The number of amides is 1. The highest BCUT2D eigenvalue weighted by Gasteiger charge is 2.36. The lowest BCUT2D eigenvalue weighted by molar-refractivity contribution is -0.142. The molecule has 0 bridgehead atoms. The second-order valence-electron chi connectivity index (χ2n) is 7.38. The Labute approximate surface area is 176 Å². The first kappa shape index (κ1) is 20.4. The third-order valence-electron chi connectivity index (χ3n) is 5.19. The van der Waals surface area contributed by atoms with Crippen molar-refractivity contribution >= 4 is 17.4 Å². The molecule has 2 heterocycles. The Kier molecular flexibility index (Phi) is 6.61. The minimum atomic E-state index is -0.876. The highest BCUT2D eigenvalue weighted by atomic mass is 16.7. The van der Waals surface area contributed by atoms with Crippen LogP contribution in [0.4, 0.5) is 5.69 Å². The van der Waals surface area contributed by atoms with Crippen molar-refractivity contribution in [2.24, 2.45) is 4.99 Å². The predicted octanol–water partition coefficient (Wildman–Crippen LogP) is 2.98. The van der Waals surface area contributed by atoms with E-state index < -0.39 is 6.23 Å². The van der Waals surface area contributed by atoms with Crippen LogP contribution in [-0.2, 0) is 9.63 Å². The minimum absolute atomic E-state index is 0.0883. The molecule has 0 radical (unpaired) electrons. The Morgan fingerprint density at radius 1 is 1.07 bits per heavy atom. The van der Waals surface area contributed by atoms with E-state index in [0.29, 0.717) is 18.9 Å². The number of aliphatic hydroxyl groups excluding tert-OH is 1. The Bertz CT molecular complexity index is 864. The summed E-state index contributed by atoms with van der Waals surface area (Å²) in [5, 5.41) is 10.5. The molecule has 1 unspecified atom stereocenters. The Hall–Kier alpha value is -2.90. The molecule has 2 aliphatic heterocycles. The molecule has 1 N–H and O–H groups in total. The fourth-order valence-corrected chi connectivity index (χ4v) is 3.60. The first-order valence-corrected chi connectivity index (χ1v) is 10.5. The summed E-state index contributed by atoms with van der Waals surface area (Å²) in [6, 6.07) is 17.2. The second kappa shape index (κ2) is 9.73. The number of carbonyl (C=O) groups excluding carboxylic acids is 1. The van der Waals surface area contributed by atoms with Gasteiger partial charge in [0.1, 0.15) is 5.75 Å². The smallest absolute Gasteiger partial charge is 0.277 e. The molecular weight excluding hydrogens is 382 g/mol. The summed E-state index contributed by atoms with van der Waals surface area (Å²) in [7, 11) is 0. The number of rotatable bonds is 7. The lowest BCUT2D eigenvalue weighted by Gasteiger charge is -2.28. The van der Waals surface area contributed by atoms with Crippen molar-refractivity contribution in [1.82, 2.24) is 4.90 Å². The molecule has 1 atom stereocenters. The van der Waals surface area contributed by atoms with Gasteiger partial charge in [-0.15, -0.1) is 0 Å². The average Bonchev–Trinajstić information content (AvgIpc) is 3.26. The van der Waals surface area contributed by atoms with E-state index in [4.69, 9.17) is 14.7 Å². The molecule has 30 heavy (non-hydrogen) atoms. The zero-order chi connectivity index (χ0) is 20.8.